The van der Waals surface area contributed by atoms with Crippen LogP contribution in [0.4, 0.5) is 11.4 Å². The van der Waals surface area contributed by atoms with Crippen LogP contribution in [0.5, 0.6) is 23.0 Å². The van der Waals surface area contributed by atoms with E-state index in [2.05, 4.69) is 10.6 Å². The van der Waals surface area contributed by atoms with Gasteiger partial charge in [0.1, 0.15) is 0 Å². The monoisotopic (exact) mass is 500 g/mol. The number of benzene rings is 3. The van der Waals surface area contributed by atoms with Gasteiger partial charge in [-0.2, -0.15) is 0 Å². The maximum atomic E-state index is 13.9. The molecular weight excluding hydrogens is 468 g/mol. The minimum Gasteiger partial charge on any atom is -0.493 e. The van der Waals surface area contributed by atoms with Crippen molar-refractivity contribution in [1.29, 1.82) is 0 Å². The average Bonchev–Trinajstić information content (AvgIpc) is 3.09. The van der Waals surface area contributed by atoms with Crippen LogP contribution in [-0.4, -0.2) is 33.7 Å². The fourth-order valence-electron chi connectivity index (χ4n) is 5.31. The quantitative estimate of drug-likeness (QED) is 0.406. The Morgan fingerprint density at radius 1 is 0.838 bits per heavy atom. The average molecular weight is 501 g/mol. The summed E-state index contributed by atoms with van der Waals surface area (Å²) < 4.78 is 22.6. The Labute approximate surface area is 217 Å². The van der Waals surface area contributed by atoms with Gasteiger partial charge in [0.25, 0.3) is 0 Å². The van der Waals surface area contributed by atoms with Crippen molar-refractivity contribution in [3.63, 3.8) is 0 Å². The van der Waals surface area contributed by atoms with Crippen LogP contribution < -0.4 is 29.6 Å². The van der Waals surface area contributed by atoms with Crippen LogP contribution in [0.2, 0.25) is 0 Å². The highest BCUT2D eigenvalue weighted by Crippen LogP contribution is 2.47. The first-order valence-electron chi connectivity index (χ1n) is 12.5. The van der Waals surface area contributed by atoms with Crippen LogP contribution in [0.25, 0.3) is 0 Å². The number of ether oxygens (including phenoxy) is 4. The number of rotatable bonds is 7. The van der Waals surface area contributed by atoms with E-state index < -0.39 is 6.04 Å². The topological polar surface area (TPSA) is 78.1 Å². The molecule has 2 aliphatic rings. The van der Waals surface area contributed by atoms with Crippen LogP contribution in [-0.2, 0) is 4.79 Å². The number of carbonyl (C=O) groups is 1. The number of fused-ring (bicyclic) bond motifs is 1. The number of hydrogen-bond acceptors (Lipinski definition) is 7. The highest BCUT2D eigenvalue weighted by molar-refractivity contribution is 6.01. The van der Waals surface area contributed by atoms with Crippen molar-refractivity contribution in [1.82, 2.24) is 0 Å². The van der Waals surface area contributed by atoms with Crippen molar-refractivity contribution in [2.45, 2.75) is 31.7 Å². The normalized spacial score (nSPS) is 18.5. The van der Waals surface area contributed by atoms with Gasteiger partial charge in [-0.15, -0.1) is 0 Å². The maximum Gasteiger partial charge on any atom is 0.166 e. The lowest BCUT2D eigenvalue weighted by atomic mass is 9.78. The van der Waals surface area contributed by atoms with E-state index in [1.54, 1.807) is 21.3 Å². The summed E-state index contributed by atoms with van der Waals surface area (Å²) in [4.78, 5) is 13.9. The molecule has 37 heavy (non-hydrogen) atoms. The molecule has 2 atom stereocenters. The Morgan fingerprint density at radius 3 is 2.35 bits per heavy atom. The Bertz CT molecular complexity index is 1350. The molecule has 0 bridgehead atoms. The van der Waals surface area contributed by atoms with Crippen molar-refractivity contribution < 1.29 is 23.7 Å². The smallest absolute Gasteiger partial charge is 0.166 e. The number of nitrogens with one attached hydrogen (secondary N) is 2. The molecule has 0 saturated carbocycles. The second-order valence-corrected chi connectivity index (χ2v) is 9.09. The van der Waals surface area contributed by atoms with Crippen molar-refractivity contribution >= 4 is 17.2 Å². The second-order valence-electron chi connectivity index (χ2n) is 9.09. The summed E-state index contributed by atoms with van der Waals surface area (Å²) >= 11 is 0. The lowest BCUT2D eigenvalue weighted by Gasteiger charge is -2.31. The number of methoxy groups -OCH3 is 3. The van der Waals surface area contributed by atoms with Gasteiger partial charge in [0.05, 0.1) is 45.4 Å². The predicted octanol–water partition coefficient (Wildman–Crippen LogP) is 6.09. The van der Waals surface area contributed by atoms with Gasteiger partial charge in [-0.25, -0.2) is 0 Å². The van der Waals surface area contributed by atoms with Gasteiger partial charge in [0, 0.05) is 23.3 Å². The number of Topliss-reactive ketones (excluding diaryl/α,β-unsaturated/α-hetero) is 1. The zero-order valence-corrected chi connectivity index (χ0v) is 21.6. The minimum atomic E-state index is -0.403. The second kappa shape index (κ2) is 10.5. The van der Waals surface area contributed by atoms with Gasteiger partial charge in [-0.1, -0.05) is 30.3 Å². The van der Waals surface area contributed by atoms with Gasteiger partial charge in [-0.05, 0) is 55.2 Å². The van der Waals surface area contributed by atoms with Crippen molar-refractivity contribution in [2.24, 2.45) is 0 Å². The highest BCUT2D eigenvalue weighted by atomic mass is 16.5. The molecule has 1 aliphatic carbocycles. The fraction of sp³-hybridized carbons (Fsp3) is 0.300. The molecule has 1 aliphatic heterocycles. The van der Waals surface area contributed by atoms with Crippen LogP contribution >= 0.6 is 0 Å². The zero-order valence-electron chi connectivity index (χ0n) is 21.6. The summed E-state index contributed by atoms with van der Waals surface area (Å²) in [5.74, 6) is 2.69. The van der Waals surface area contributed by atoms with E-state index in [0.29, 0.717) is 42.4 Å². The first-order valence-corrected chi connectivity index (χ1v) is 12.5. The number of carbonyl (C=O) groups excluding carboxylic acids is 1. The van der Waals surface area contributed by atoms with Crippen LogP contribution in [0, 0.1) is 0 Å². The lowest BCUT2D eigenvalue weighted by molar-refractivity contribution is -0.116. The van der Waals surface area contributed by atoms with E-state index in [9.17, 15) is 4.79 Å². The Morgan fingerprint density at radius 2 is 1.62 bits per heavy atom. The molecule has 7 heteroatoms. The number of para-hydroxylation sites is 3. The molecule has 0 unspecified atom stereocenters. The van der Waals surface area contributed by atoms with Crippen molar-refractivity contribution in [3.05, 3.63) is 83.1 Å². The molecule has 5 rings (SSSR count). The lowest BCUT2D eigenvalue weighted by Crippen LogP contribution is -2.27. The van der Waals surface area contributed by atoms with Crippen molar-refractivity contribution in [2.75, 3.05) is 38.6 Å². The third-order valence-corrected chi connectivity index (χ3v) is 7.01. The molecule has 0 aromatic heterocycles. The maximum absolute atomic E-state index is 13.9. The fourth-order valence-corrected chi connectivity index (χ4v) is 5.31. The number of hydrogen-bond donors (Lipinski definition) is 2. The Hall–Kier alpha value is -4.13. The highest BCUT2D eigenvalue weighted by Gasteiger charge is 2.37. The zero-order chi connectivity index (χ0) is 25.9. The summed E-state index contributed by atoms with van der Waals surface area (Å²) in [6.45, 7) is 2.50. The largest absolute Gasteiger partial charge is 0.493 e. The van der Waals surface area contributed by atoms with Gasteiger partial charge >= 0.3 is 0 Å². The van der Waals surface area contributed by atoms with E-state index in [-0.39, 0.29) is 11.7 Å². The van der Waals surface area contributed by atoms with E-state index in [1.165, 1.54) is 0 Å². The molecule has 2 N–H and O–H groups in total. The molecule has 0 saturated heterocycles. The first kappa shape index (κ1) is 24.6. The molecule has 0 spiro atoms. The van der Waals surface area contributed by atoms with Crippen LogP contribution in [0.1, 0.15) is 42.9 Å². The van der Waals surface area contributed by atoms with Crippen LogP contribution in [0.3, 0.4) is 0 Å². The molecular formula is C30H32N2O5. The van der Waals surface area contributed by atoms with E-state index >= 15 is 0 Å². The molecule has 3 aromatic carbocycles. The summed E-state index contributed by atoms with van der Waals surface area (Å²) in [6.07, 6.45) is 1.06. The minimum absolute atomic E-state index is 0.00134. The summed E-state index contributed by atoms with van der Waals surface area (Å²) in [6, 6.07) is 19.3. The molecule has 0 fully saturated rings. The van der Waals surface area contributed by atoms with E-state index in [4.69, 9.17) is 18.9 Å². The third-order valence-electron chi connectivity index (χ3n) is 7.01. The van der Waals surface area contributed by atoms with Gasteiger partial charge in [0.2, 0.25) is 0 Å². The van der Waals surface area contributed by atoms with Gasteiger partial charge < -0.3 is 29.6 Å². The summed E-state index contributed by atoms with van der Waals surface area (Å²) in [5.41, 5.74) is 5.36. The standard InChI is InChI=1S/C30H32N2O5/c1-5-37-25-14-13-18(17-27(25)35-3)19-15-23-28(24(33)16-19)29(32-22-11-7-6-10-21(22)31-23)20-9-8-12-26(34-2)30(20)36-4/h6-14,17,19,29,31-32H,5,15-16H2,1-4H3/t19-,29-/m0/s1. The molecule has 192 valence electrons. The molecule has 7 nitrogen and oxygen atoms in total. The molecule has 0 amide bonds. The first-order chi connectivity index (χ1) is 18.1. The van der Waals surface area contributed by atoms with Gasteiger partial charge in [0.15, 0.2) is 28.8 Å². The van der Waals surface area contributed by atoms with Gasteiger partial charge in [-0.3, -0.25) is 4.79 Å². The van der Waals surface area contributed by atoms with E-state index in [0.717, 1.165) is 33.8 Å². The molecule has 3 aromatic rings. The predicted molar refractivity (Wildman–Crippen MR) is 144 cm³/mol. The number of ketones is 1. The third kappa shape index (κ3) is 4.57. The SMILES string of the molecule is CCOc1ccc([C@@H]2CC(=O)C3=C(C2)Nc2ccccc2N[C@H]3c2cccc(OC)c2OC)cc1OC. The summed E-state index contributed by atoms with van der Waals surface area (Å²) in [7, 11) is 4.87. The Kier molecular flexibility index (Phi) is 6.95. The molecule has 0 radical (unpaired) electrons. The Balaban J connectivity index is 1.60. The molecule has 1 heterocycles. The van der Waals surface area contributed by atoms with E-state index in [1.807, 2.05) is 67.6 Å². The van der Waals surface area contributed by atoms with Crippen LogP contribution in [0.15, 0.2) is 71.9 Å². The number of allylic oxidation sites excluding steroid dienone is 1. The summed E-state index contributed by atoms with van der Waals surface area (Å²) in [5, 5.41) is 7.20. The van der Waals surface area contributed by atoms with Crippen molar-refractivity contribution in [3.8, 4) is 23.0 Å². The number of anilines is 2.